The van der Waals surface area contributed by atoms with Crippen LogP contribution in [0.1, 0.15) is 12.8 Å². The van der Waals surface area contributed by atoms with Crippen molar-refractivity contribution in [3.63, 3.8) is 0 Å². The molecule has 1 fully saturated rings. The minimum Gasteiger partial charge on any atom is -0.381 e. The highest BCUT2D eigenvalue weighted by molar-refractivity contribution is 6.37. The number of nitrogens with one attached hydrogen (secondary N) is 1. The molecule has 100 valence electrons. The Hall–Kier alpha value is -0.710. The number of ether oxygens (including phenoxy) is 1. The highest BCUT2D eigenvalue weighted by Gasteiger charge is 2.22. The van der Waals surface area contributed by atoms with E-state index in [1.807, 2.05) is 0 Å². The van der Waals surface area contributed by atoms with E-state index >= 15 is 0 Å². The molecule has 0 atom stereocenters. The first-order valence-electron chi connectivity index (χ1n) is 5.97. The number of anilines is 2. The van der Waals surface area contributed by atoms with Crippen molar-refractivity contribution in [2.24, 2.45) is 0 Å². The number of hydrogen-bond acceptors (Lipinski definition) is 4. The van der Waals surface area contributed by atoms with Gasteiger partial charge in [-0.1, -0.05) is 23.2 Å². The van der Waals surface area contributed by atoms with Crippen molar-refractivity contribution in [2.75, 3.05) is 37.5 Å². The third-order valence-electron chi connectivity index (χ3n) is 3.22. The lowest BCUT2D eigenvalue weighted by Gasteiger charge is -2.32. The van der Waals surface area contributed by atoms with Crippen LogP contribution in [-0.4, -0.2) is 38.3 Å². The first-order chi connectivity index (χ1) is 8.65. The summed E-state index contributed by atoms with van der Waals surface area (Å²) < 4.78 is 5.36. The van der Waals surface area contributed by atoms with Crippen LogP contribution in [0.4, 0.5) is 11.6 Å². The maximum absolute atomic E-state index is 6.21. The van der Waals surface area contributed by atoms with E-state index in [0.717, 1.165) is 31.7 Å². The third kappa shape index (κ3) is 2.82. The second kappa shape index (κ2) is 5.95. The molecule has 0 unspecified atom stereocenters. The van der Waals surface area contributed by atoms with Gasteiger partial charge in [-0.2, -0.15) is 0 Å². The van der Waals surface area contributed by atoms with Gasteiger partial charge >= 0.3 is 0 Å². The average Bonchev–Trinajstić information content (AvgIpc) is 2.39. The fourth-order valence-corrected chi connectivity index (χ4v) is 2.73. The first-order valence-corrected chi connectivity index (χ1v) is 6.72. The Morgan fingerprint density at radius 1 is 1.33 bits per heavy atom. The summed E-state index contributed by atoms with van der Waals surface area (Å²) in [5.74, 6) is 1.45. The van der Waals surface area contributed by atoms with E-state index < -0.39 is 0 Å². The van der Waals surface area contributed by atoms with Crippen molar-refractivity contribution in [1.29, 1.82) is 0 Å². The molecule has 1 saturated heterocycles. The van der Waals surface area contributed by atoms with Gasteiger partial charge in [-0.25, -0.2) is 4.98 Å². The maximum atomic E-state index is 6.21. The summed E-state index contributed by atoms with van der Waals surface area (Å²) in [6.07, 6.45) is 2.33. The Balaban J connectivity index is 2.18. The molecule has 2 heterocycles. The summed E-state index contributed by atoms with van der Waals surface area (Å²) in [5, 5.41) is 4.10. The van der Waals surface area contributed by atoms with Crippen molar-refractivity contribution in [1.82, 2.24) is 4.98 Å². The number of rotatable bonds is 3. The number of hydrogen-bond donors (Lipinski definition) is 1. The zero-order valence-electron chi connectivity index (χ0n) is 10.5. The summed E-state index contributed by atoms with van der Waals surface area (Å²) >= 11 is 12.3. The molecule has 6 heteroatoms. The zero-order chi connectivity index (χ0) is 13.1. The molecular formula is C12H17Cl2N3O. The minimum absolute atomic E-state index is 0.344. The molecule has 0 amide bonds. The molecule has 1 aliphatic heterocycles. The second-order valence-corrected chi connectivity index (χ2v) is 5.11. The van der Waals surface area contributed by atoms with Gasteiger partial charge in [-0.05, 0) is 18.9 Å². The normalized spacial score (nSPS) is 17.0. The number of methoxy groups -OCH3 is 1. The monoisotopic (exact) mass is 289 g/mol. The Kier molecular flexibility index (Phi) is 4.54. The standard InChI is InChI=1S/C12H17Cl2N3O/c1-15-11-9(13)7-10(14)12(16-11)17-5-3-8(18-2)4-6-17/h7-8H,3-6H2,1-2H3,(H,15,16). The number of aromatic nitrogens is 1. The SMILES string of the molecule is CNc1nc(N2CCC(OC)CC2)c(Cl)cc1Cl. The van der Waals surface area contributed by atoms with Crippen molar-refractivity contribution in [3.8, 4) is 0 Å². The van der Waals surface area contributed by atoms with Crippen LogP contribution in [0.2, 0.25) is 10.0 Å². The van der Waals surface area contributed by atoms with E-state index in [-0.39, 0.29) is 0 Å². The number of halogens is 2. The van der Waals surface area contributed by atoms with E-state index in [2.05, 4.69) is 15.2 Å². The van der Waals surface area contributed by atoms with Crippen LogP contribution in [0.15, 0.2) is 6.07 Å². The zero-order valence-corrected chi connectivity index (χ0v) is 12.1. The fourth-order valence-electron chi connectivity index (χ4n) is 2.16. The molecule has 1 aromatic heterocycles. The van der Waals surface area contributed by atoms with E-state index in [4.69, 9.17) is 27.9 Å². The smallest absolute Gasteiger partial charge is 0.149 e. The van der Waals surface area contributed by atoms with Gasteiger partial charge in [-0.15, -0.1) is 0 Å². The van der Waals surface area contributed by atoms with E-state index in [1.165, 1.54) is 0 Å². The van der Waals surface area contributed by atoms with Crippen LogP contribution < -0.4 is 10.2 Å². The number of piperidine rings is 1. The third-order valence-corrected chi connectivity index (χ3v) is 3.79. The Morgan fingerprint density at radius 2 is 2.00 bits per heavy atom. The number of nitrogens with zero attached hydrogens (tertiary/aromatic N) is 2. The molecule has 1 aliphatic rings. The lowest BCUT2D eigenvalue weighted by Crippen LogP contribution is -2.37. The second-order valence-electron chi connectivity index (χ2n) is 4.30. The molecule has 0 radical (unpaired) electrons. The highest BCUT2D eigenvalue weighted by atomic mass is 35.5. The van der Waals surface area contributed by atoms with Crippen molar-refractivity contribution in [3.05, 3.63) is 16.1 Å². The van der Waals surface area contributed by atoms with Crippen LogP contribution >= 0.6 is 23.2 Å². The molecule has 18 heavy (non-hydrogen) atoms. The van der Waals surface area contributed by atoms with E-state index in [0.29, 0.717) is 22.0 Å². The van der Waals surface area contributed by atoms with Crippen LogP contribution in [-0.2, 0) is 4.74 Å². The summed E-state index contributed by atoms with van der Waals surface area (Å²) in [4.78, 5) is 6.65. The summed E-state index contributed by atoms with van der Waals surface area (Å²) in [7, 11) is 3.55. The average molecular weight is 290 g/mol. The van der Waals surface area contributed by atoms with Crippen LogP contribution in [0.5, 0.6) is 0 Å². The van der Waals surface area contributed by atoms with Gasteiger partial charge in [-0.3, -0.25) is 0 Å². The molecular weight excluding hydrogens is 273 g/mol. The van der Waals surface area contributed by atoms with Crippen LogP contribution in [0.25, 0.3) is 0 Å². The van der Waals surface area contributed by atoms with Gasteiger partial charge in [0.05, 0.1) is 16.1 Å². The van der Waals surface area contributed by atoms with E-state index in [9.17, 15) is 0 Å². The van der Waals surface area contributed by atoms with Crippen molar-refractivity contribution < 1.29 is 4.74 Å². The van der Waals surface area contributed by atoms with Crippen LogP contribution in [0, 0.1) is 0 Å². The molecule has 2 rings (SSSR count). The lowest BCUT2D eigenvalue weighted by atomic mass is 10.1. The maximum Gasteiger partial charge on any atom is 0.149 e. The molecule has 0 aliphatic carbocycles. The van der Waals surface area contributed by atoms with Gasteiger partial charge in [0.25, 0.3) is 0 Å². The molecule has 0 bridgehead atoms. The first kappa shape index (κ1) is 13.7. The Morgan fingerprint density at radius 3 is 2.56 bits per heavy atom. The van der Waals surface area contributed by atoms with Gasteiger partial charge < -0.3 is 15.0 Å². The molecule has 1 N–H and O–H groups in total. The largest absolute Gasteiger partial charge is 0.381 e. The van der Waals surface area contributed by atoms with Gasteiger partial charge in [0, 0.05) is 27.2 Å². The Labute approximate surface area is 117 Å². The molecule has 0 aromatic carbocycles. The minimum atomic E-state index is 0.344. The van der Waals surface area contributed by atoms with Gasteiger partial charge in [0.1, 0.15) is 11.6 Å². The molecule has 1 aromatic rings. The lowest BCUT2D eigenvalue weighted by molar-refractivity contribution is 0.0818. The molecule has 4 nitrogen and oxygen atoms in total. The predicted octanol–water partition coefficient (Wildman–Crippen LogP) is 3.05. The predicted molar refractivity (Wildman–Crippen MR) is 76.0 cm³/mol. The fraction of sp³-hybridized carbons (Fsp3) is 0.583. The Bertz CT molecular complexity index is 420. The number of pyridine rings is 1. The molecule has 0 saturated carbocycles. The van der Waals surface area contributed by atoms with E-state index in [1.54, 1.807) is 20.2 Å². The highest BCUT2D eigenvalue weighted by Crippen LogP contribution is 2.32. The topological polar surface area (TPSA) is 37.4 Å². The van der Waals surface area contributed by atoms with Crippen LogP contribution in [0.3, 0.4) is 0 Å². The summed E-state index contributed by atoms with van der Waals surface area (Å²) in [6, 6.07) is 1.74. The van der Waals surface area contributed by atoms with Gasteiger partial charge in [0.2, 0.25) is 0 Å². The summed E-state index contributed by atoms with van der Waals surface area (Å²) in [6.45, 7) is 1.80. The summed E-state index contributed by atoms with van der Waals surface area (Å²) in [5.41, 5.74) is 0. The van der Waals surface area contributed by atoms with Crippen molar-refractivity contribution in [2.45, 2.75) is 18.9 Å². The quantitative estimate of drug-likeness (QED) is 0.928. The van der Waals surface area contributed by atoms with Gasteiger partial charge in [0.15, 0.2) is 0 Å². The molecule has 0 spiro atoms. The van der Waals surface area contributed by atoms with Crippen molar-refractivity contribution >= 4 is 34.8 Å².